The lowest BCUT2D eigenvalue weighted by Crippen LogP contribution is -2.29. The smallest absolute Gasteiger partial charge is 0.211 e. The van der Waals surface area contributed by atoms with E-state index in [1.165, 1.54) is 0 Å². The Balaban J connectivity index is 3.44. The highest BCUT2D eigenvalue weighted by molar-refractivity contribution is 7.89. The molecule has 1 N–H and O–H groups in total. The van der Waals surface area contributed by atoms with Gasteiger partial charge in [-0.25, -0.2) is 13.1 Å². The molecule has 0 saturated heterocycles. The minimum atomic E-state index is -3.17. The summed E-state index contributed by atoms with van der Waals surface area (Å²) in [6.45, 7) is 4.81. The van der Waals surface area contributed by atoms with E-state index in [2.05, 4.69) is 11.3 Å². The van der Waals surface area contributed by atoms with Crippen LogP contribution in [0.3, 0.4) is 0 Å². The molecule has 0 heterocycles. The monoisotopic (exact) mass is 255 g/mol. The van der Waals surface area contributed by atoms with Gasteiger partial charge in [0, 0.05) is 12.4 Å². The van der Waals surface area contributed by atoms with Crippen molar-refractivity contribution in [2.75, 3.05) is 31.4 Å². The van der Waals surface area contributed by atoms with Crippen LogP contribution in [-0.4, -0.2) is 39.8 Å². The molecular weight excluding hydrogens is 238 g/mol. The number of ether oxygens (including phenoxy) is 1. The highest BCUT2D eigenvalue weighted by atomic mass is 35.5. The van der Waals surface area contributed by atoms with Crippen molar-refractivity contribution in [1.29, 1.82) is 0 Å². The molecule has 0 fully saturated rings. The molecule has 0 spiro atoms. The summed E-state index contributed by atoms with van der Waals surface area (Å²) in [6, 6.07) is 0. The van der Waals surface area contributed by atoms with E-state index in [1.54, 1.807) is 6.08 Å². The van der Waals surface area contributed by atoms with E-state index in [-0.39, 0.29) is 5.75 Å². The van der Waals surface area contributed by atoms with E-state index in [0.29, 0.717) is 32.1 Å². The van der Waals surface area contributed by atoms with Crippen molar-refractivity contribution in [3.63, 3.8) is 0 Å². The molecule has 0 aromatic carbocycles. The lowest BCUT2D eigenvalue weighted by atomic mass is 10.5. The molecule has 0 unspecified atom stereocenters. The third kappa shape index (κ3) is 10.2. The summed E-state index contributed by atoms with van der Waals surface area (Å²) >= 11 is 5.40. The van der Waals surface area contributed by atoms with Crippen LogP contribution in [0.4, 0.5) is 0 Å². The quantitative estimate of drug-likeness (QED) is 0.362. The number of hydrogen-bond donors (Lipinski definition) is 1. The first-order valence-electron chi connectivity index (χ1n) is 4.84. The van der Waals surface area contributed by atoms with Gasteiger partial charge < -0.3 is 4.74 Å². The lowest BCUT2D eigenvalue weighted by Gasteiger charge is -2.05. The highest BCUT2D eigenvalue weighted by Gasteiger charge is 2.07. The fraction of sp³-hybridized carbons (Fsp3) is 0.778. The second kappa shape index (κ2) is 9.15. The maximum absolute atomic E-state index is 11.2. The summed E-state index contributed by atoms with van der Waals surface area (Å²) in [5, 5.41) is 0. The van der Waals surface area contributed by atoms with Gasteiger partial charge in [0.05, 0.1) is 19.0 Å². The summed E-state index contributed by atoms with van der Waals surface area (Å²) in [6.07, 6.45) is 3.00. The van der Waals surface area contributed by atoms with Crippen LogP contribution in [0.15, 0.2) is 12.7 Å². The Labute approximate surface area is 96.7 Å². The molecule has 0 bridgehead atoms. The molecule has 4 nitrogen and oxygen atoms in total. The zero-order valence-corrected chi connectivity index (χ0v) is 10.3. The molecule has 0 aromatic heterocycles. The minimum absolute atomic E-state index is 0.0726. The van der Waals surface area contributed by atoms with Gasteiger partial charge in [0.15, 0.2) is 0 Å². The zero-order chi connectivity index (χ0) is 11.6. The number of sulfonamides is 1. The molecule has 0 saturated carbocycles. The molecule has 90 valence electrons. The lowest BCUT2D eigenvalue weighted by molar-refractivity contribution is 0.144. The molecule has 0 aliphatic rings. The fourth-order valence-corrected chi connectivity index (χ4v) is 2.21. The Morgan fingerprint density at radius 2 is 2.13 bits per heavy atom. The number of halogens is 1. The van der Waals surface area contributed by atoms with Crippen molar-refractivity contribution in [2.24, 2.45) is 0 Å². The maximum Gasteiger partial charge on any atom is 0.211 e. The van der Waals surface area contributed by atoms with Gasteiger partial charge in [-0.05, 0) is 12.8 Å². The first-order valence-corrected chi connectivity index (χ1v) is 7.03. The minimum Gasteiger partial charge on any atom is -0.380 e. The number of alkyl halides is 1. The summed E-state index contributed by atoms with van der Waals surface area (Å²) < 4.78 is 30.1. The first kappa shape index (κ1) is 14.9. The Hall–Kier alpha value is -0.100. The van der Waals surface area contributed by atoms with E-state index in [0.717, 1.165) is 6.42 Å². The summed E-state index contributed by atoms with van der Waals surface area (Å²) in [7, 11) is -3.17. The molecule has 0 aliphatic heterocycles. The maximum atomic E-state index is 11.2. The van der Waals surface area contributed by atoms with Crippen LogP contribution >= 0.6 is 11.6 Å². The van der Waals surface area contributed by atoms with Gasteiger partial charge in [-0.1, -0.05) is 6.08 Å². The predicted molar refractivity (Wildman–Crippen MR) is 62.8 cm³/mol. The summed E-state index contributed by atoms with van der Waals surface area (Å²) in [5.41, 5.74) is 0. The summed E-state index contributed by atoms with van der Waals surface area (Å²) in [4.78, 5) is 0. The molecule has 6 heteroatoms. The second-order valence-corrected chi connectivity index (χ2v) is 5.25. The van der Waals surface area contributed by atoms with Crippen molar-refractivity contribution in [3.8, 4) is 0 Å². The van der Waals surface area contributed by atoms with Gasteiger partial charge in [0.1, 0.15) is 0 Å². The van der Waals surface area contributed by atoms with E-state index in [1.807, 2.05) is 0 Å². The molecule has 0 aromatic rings. The fourth-order valence-electron chi connectivity index (χ4n) is 0.855. The zero-order valence-electron chi connectivity index (χ0n) is 8.75. The third-order valence-electron chi connectivity index (χ3n) is 1.58. The van der Waals surface area contributed by atoms with Gasteiger partial charge in [-0.3, -0.25) is 0 Å². The van der Waals surface area contributed by atoms with Gasteiger partial charge >= 0.3 is 0 Å². The Bertz CT molecular complexity index is 254. The van der Waals surface area contributed by atoms with E-state index < -0.39 is 10.0 Å². The van der Waals surface area contributed by atoms with Crippen LogP contribution in [0.1, 0.15) is 12.8 Å². The molecule has 0 rings (SSSR count). The van der Waals surface area contributed by atoms with E-state index in [9.17, 15) is 8.42 Å². The molecule has 0 amide bonds. The Morgan fingerprint density at radius 1 is 1.40 bits per heavy atom. The largest absolute Gasteiger partial charge is 0.380 e. The number of nitrogens with one attached hydrogen (secondary N) is 1. The molecular formula is C9H18ClNO3S. The first-order chi connectivity index (χ1) is 7.12. The van der Waals surface area contributed by atoms with E-state index >= 15 is 0 Å². The average molecular weight is 256 g/mol. The number of hydrogen-bond acceptors (Lipinski definition) is 3. The van der Waals surface area contributed by atoms with Crippen molar-refractivity contribution >= 4 is 21.6 Å². The van der Waals surface area contributed by atoms with Gasteiger partial charge in [0.2, 0.25) is 10.0 Å². The predicted octanol–water partition coefficient (Wildman–Crippen LogP) is 1.13. The molecule has 0 atom stereocenters. The van der Waals surface area contributed by atoms with Gasteiger partial charge in [-0.2, -0.15) is 0 Å². The second-order valence-electron chi connectivity index (χ2n) is 2.95. The van der Waals surface area contributed by atoms with Crippen LogP contribution in [0.25, 0.3) is 0 Å². The van der Waals surface area contributed by atoms with Crippen LogP contribution in [0, 0.1) is 0 Å². The van der Waals surface area contributed by atoms with Gasteiger partial charge in [-0.15, -0.1) is 18.2 Å². The molecule has 0 radical (unpaired) electrons. The summed E-state index contributed by atoms with van der Waals surface area (Å²) in [5.74, 6) is 0.430. The van der Waals surface area contributed by atoms with Crippen LogP contribution < -0.4 is 4.72 Å². The van der Waals surface area contributed by atoms with Crippen molar-refractivity contribution in [1.82, 2.24) is 4.72 Å². The Morgan fingerprint density at radius 3 is 2.73 bits per heavy atom. The van der Waals surface area contributed by atoms with Crippen molar-refractivity contribution in [2.45, 2.75) is 12.8 Å². The Kier molecular flexibility index (Phi) is 9.09. The normalized spacial score (nSPS) is 11.5. The van der Waals surface area contributed by atoms with Crippen LogP contribution in [-0.2, 0) is 14.8 Å². The SMILES string of the molecule is C=CCCOCCNS(=O)(=O)CCCCl. The molecule has 0 aliphatic carbocycles. The van der Waals surface area contributed by atoms with Crippen molar-refractivity contribution < 1.29 is 13.2 Å². The van der Waals surface area contributed by atoms with E-state index in [4.69, 9.17) is 16.3 Å². The average Bonchev–Trinajstić information content (AvgIpc) is 2.20. The van der Waals surface area contributed by atoms with Crippen LogP contribution in [0.5, 0.6) is 0 Å². The van der Waals surface area contributed by atoms with Crippen molar-refractivity contribution in [3.05, 3.63) is 12.7 Å². The third-order valence-corrected chi connectivity index (χ3v) is 3.32. The highest BCUT2D eigenvalue weighted by Crippen LogP contribution is 1.91. The standard InChI is InChI=1S/C9H18ClNO3S/c1-2-3-7-14-8-6-11-15(12,13)9-4-5-10/h2,11H,1,3-9H2. The molecule has 15 heavy (non-hydrogen) atoms. The number of rotatable bonds is 10. The topological polar surface area (TPSA) is 55.4 Å². The van der Waals surface area contributed by atoms with Crippen LogP contribution in [0.2, 0.25) is 0 Å². The van der Waals surface area contributed by atoms with Gasteiger partial charge in [0.25, 0.3) is 0 Å².